The van der Waals surface area contributed by atoms with Gasteiger partial charge in [-0.3, -0.25) is 5.10 Å². The van der Waals surface area contributed by atoms with E-state index in [1.807, 2.05) is 25.4 Å². The van der Waals surface area contributed by atoms with Gasteiger partial charge in [-0.1, -0.05) is 6.92 Å². The fourth-order valence-corrected chi connectivity index (χ4v) is 1.63. The minimum absolute atomic E-state index is 0.0732. The number of hydrogen-bond donors (Lipinski definition) is 2. The maximum Gasteiger partial charge on any atom is 0.125 e. The number of nitrogens with zero attached hydrogens (tertiary/aromatic N) is 1. The molecule has 0 spiro atoms. The average molecular weight is 205 g/mol. The lowest BCUT2D eigenvalue weighted by Gasteiger charge is -2.10. The number of aromatic nitrogens is 2. The molecule has 2 N–H and O–H groups in total. The molecule has 1 unspecified atom stereocenters. The van der Waals surface area contributed by atoms with Crippen molar-refractivity contribution < 1.29 is 4.42 Å². The smallest absolute Gasteiger partial charge is 0.125 e. The summed E-state index contributed by atoms with van der Waals surface area (Å²) in [5.74, 6) is 1.93. The molecule has 2 rings (SSSR count). The second kappa shape index (κ2) is 4.31. The maximum absolute atomic E-state index is 5.71. The summed E-state index contributed by atoms with van der Waals surface area (Å²) in [5.41, 5.74) is 1.08. The molecule has 4 heteroatoms. The van der Waals surface area contributed by atoms with Gasteiger partial charge in [0.25, 0.3) is 0 Å². The normalized spacial score (nSPS) is 12.9. The third kappa shape index (κ3) is 1.94. The van der Waals surface area contributed by atoms with E-state index in [2.05, 4.69) is 22.4 Å². The summed E-state index contributed by atoms with van der Waals surface area (Å²) in [5, 5.41) is 9.94. The molecule has 1 atom stereocenters. The summed E-state index contributed by atoms with van der Waals surface area (Å²) in [7, 11) is 1.91. The Labute approximate surface area is 88.7 Å². The maximum atomic E-state index is 5.71. The van der Waals surface area contributed by atoms with Crippen LogP contribution in [0.3, 0.4) is 0 Å². The van der Waals surface area contributed by atoms with Crippen LogP contribution in [0.1, 0.15) is 30.0 Å². The molecule has 15 heavy (non-hydrogen) atoms. The fraction of sp³-hybridized carbons (Fsp3) is 0.364. The summed E-state index contributed by atoms with van der Waals surface area (Å²) in [6.45, 7) is 2.08. The van der Waals surface area contributed by atoms with Crippen molar-refractivity contribution in [3.8, 4) is 0 Å². The molecule has 2 heterocycles. The summed E-state index contributed by atoms with van der Waals surface area (Å²) in [4.78, 5) is 0. The minimum Gasteiger partial charge on any atom is -0.464 e. The Balaban J connectivity index is 2.27. The molecule has 0 amide bonds. The molecule has 0 radical (unpaired) electrons. The van der Waals surface area contributed by atoms with Gasteiger partial charge in [-0.2, -0.15) is 5.10 Å². The van der Waals surface area contributed by atoms with E-state index in [9.17, 15) is 0 Å². The number of nitrogens with one attached hydrogen (secondary N) is 2. The molecule has 0 aliphatic heterocycles. The molecule has 0 fully saturated rings. The standard InChI is InChI=1S/C11H15N3O/c1-3-9-4-5-10(15-9)11(12-2)8-6-13-14-7-8/h4-7,11-12H,3H2,1-2H3,(H,13,14). The van der Waals surface area contributed by atoms with Crippen molar-refractivity contribution in [3.63, 3.8) is 0 Å². The van der Waals surface area contributed by atoms with Gasteiger partial charge in [0.15, 0.2) is 0 Å². The van der Waals surface area contributed by atoms with Crippen molar-refractivity contribution in [2.45, 2.75) is 19.4 Å². The number of aryl methyl sites for hydroxylation is 1. The van der Waals surface area contributed by atoms with Gasteiger partial charge in [0.05, 0.1) is 12.2 Å². The van der Waals surface area contributed by atoms with Gasteiger partial charge in [-0.05, 0) is 19.2 Å². The minimum atomic E-state index is 0.0732. The summed E-state index contributed by atoms with van der Waals surface area (Å²) in [6.07, 6.45) is 4.59. The number of hydrogen-bond acceptors (Lipinski definition) is 3. The third-order valence-electron chi connectivity index (χ3n) is 2.46. The van der Waals surface area contributed by atoms with Crippen LogP contribution in [-0.2, 0) is 6.42 Å². The molecule has 0 saturated heterocycles. The van der Waals surface area contributed by atoms with Crippen LogP contribution in [0.2, 0.25) is 0 Å². The molecule has 0 aromatic carbocycles. The highest BCUT2D eigenvalue weighted by atomic mass is 16.3. The van der Waals surface area contributed by atoms with Crippen molar-refractivity contribution in [1.82, 2.24) is 15.5 Å². The number of rotatable bonds is 4. The van der Waals surface area contributed by atoms with Crippen LogP contribution in [0.25, 0.3) is 0 Å². The van der Waals surface area contributed by atoms with Gasteiger partial charge in [0.1, 0.15) is 11.5 Å². The van der Waals surface area contributed by atoms with E-state index >= 15 is 0 Å². The Kier molecular flexibility index (Phi) is 2.87. The lowest BCUT2D eigenvalue weighted by Crippen LogP contribution is -2.16. The highest BCUT2D eigenvalue weighted by Gasteiger charge is 2.16. The topological polar surface area (TPSA) is 53.9 Å². The van der Waals surface area contributed by atoms with E-state index in [4.69, 9.17) is 4.42 Å². The Morgan fingerprint density at radius 1 is 1.53 bits per heavy atom. The predicted molar refractivity (Wildman–Crippen MR) is 57.6 cm³/mol. The van der Waals surface area contributed by atoms with Crippen LogP contribution in [0.15, 0.2) is 28.9 Å². The summed E-state index contributed by atoms with van der Waals surface area (Å²) >= 11 is 0. The Morgan fingerprint density at radius 2 is 2.40 bits per heavy atom. The predicted octanol–water partition coefficient (Wildman–Crippen LogP) is 1.87. The van der Waals surface area contributed by atoms with Gasteiger partial charge in [0.2, 0.25) is 0 Å². The molecule has 0 aliphatic carbocycles. The van der Waals surface area contributed by atoms with Gasteiger partial charge >= 0.3 is 0 Å². The van der Waals surface area contributed by atoms with Crippen LogP contribution in [0.5, 0.6) is 0 Å². The second-order valence-corrected chi connectivity index (χ2v) is 3.41. The highest BCUT2D eigenvalue weighted by Crippen LogP contribution is 2.22. The van der Waals surface area contributed by atoms with Crippen molar-refractivity contribution in [2.75, 3.05) is 7.05 Å². The number of furan rings is 1. The Morgan fingerprint density at radius 3 is 2.93 bits per heavy atom. The lowest BCUT2D eigenvalue weighted by molar-refractivity contribution is 0.434. The zero-order chi connectivity index (χ0) is 10.7. The summed E-state index contributed by atoms with van der Waals surface area (Å²) in [6, 6.07) is 4.09. The zero-order valence-corrected chi connectivity index (χ0v) is 8.95. The van der Waals surface area contributed by atoms with Gasteiger partial charge in [-0.25, -0.2) is 0 Å². The molecule has 2 aromatic heterocycles. The van der Waals surface area contributed by atoms with Gasteiger partial charge < -0.3 is 9.73 Å². The molecule has 4 nitrogen and oxygen atoms in total. The van der Waals surface area contributed by atoms with E-state index in [1.165, 1.54) is 0 Å². The van der Waals surface area contributed by atoms with Crippen LogP contribution >= 0.6 is 0 Å². The molecule has 2 aromatic rings. The first-order valence-electron chi connectivity index (χ1n) is 5.09. The summed E-state index contributed by atoms with van der Waals surface area (Å²) < 4.78 is 5.71. The Bertz CT molecular complexity index is 405. The van der Waals surface area contributed by atoms with Crippen LogP contribution in [0, 0.1) is 0 Å². The molecule has 0 saturated carbocycles. The molecule has 0 aliphatic rings. The van der Waals surface area contributed by atoms with Gasteiger partial charge in [-0.15, -0.1) is 0 Å². The fourth-order valence-electron chi connectivity index (χ4n) is 1.63. The van der Waals surface area contributed by atoms with Crippen LogP contribution < -0.4 is 5.32 Å². The van der Waals surface area contributed by atoms with Crippen LogP contribution in [0.4, 0.5) is 0 Å². The van der Waals surface area contributed by atoms with E-state index in [0.29, 0.717) is 0 Å². The largest absolute Gasteiger partial charge is 0.464 e. The average Bonchev–Trinajstić information content (AvgIpc) is 2.89. The van der Waals surface area contributed by atoms with E-state index in [0.717, 1.165) is 23.5 Å². The van der Waals surface area contributed by atoms with Crippen LogP contribution in [-0.4, -0.2) is 17.2 Å². The SMILES string of the molecule is CCc1ccc(C(NC)c2cn[nH]c2)o1. The molecule has 80 valence electrons. The molecular weight excluding hydrogens is 190 g/mol. The number of aromatic amines is 1. The van der Waals surface area contributed by atoms with Crippen molar-refractivity contribution >= 4 is 0 Å². The van der Waals surface area contributed by atoms with Crippen molar-refractivity contribution in [1.29, 1.82) is 0 Å². The van der Waals surface area contributed by atoms with E-state index < -0.39 is 0 Å². The quantitative estimate of drug-likeness (QED) is 0.801. The second-order valence-electron chi connectivity index (χ2n) is 3.41. The first-order chi connectivity index (χ1) is 7.35. The van der Waals surface area contributed by atoms with Crippen molar-refractivity contribution in [2.24, 2.45) is 0 Å². The van der Waals surface area contributed by atoms with E-state index in [1.54, 1.807) is 6.20 Å². The van der Waals surface area contributed by atoms with Crippen molar-refractivity contribution in [3.05, 3.63) is 41.6 Å². The first kappa shape index (κ1) is 9.98. The number of H-pyrrole nitrogens is 1. The zero-order valence-electron chi connectivity index (χ0n) is 8.95. The monoisotopic (exact) mass is 205 g/mol. The van der Waals surface area contributed by atoms with E-state index in [-0.39, 0.29) is 6.04 Å². The molecular formula is C11H15N3O. The molecule has 0 bridgehead atoms. The Hall–Kier alpha value is -1.55. The third-order valence-corrected chi connectivity index (χ3v) is 2.46. The highest BCUT2D eigenvalue weighted by molar-refractivity contribution is 5.22. The first-order valence-corrected chi connectivity index (χ1v) is 5.09. The van der Waals surface area contributed by atoms with Gasteiger partial charge in [0, 0.05) is 18.2 Å². The lowest BCUT2D eigenvalue weighted by atomic mass is 10.1.